The lowest BCUT2D eigenvalue weighted by atomic mass is 10.0. The van der Waals surface area contributed by atoms with Crippen LogP contribution in [0.15, 0.2) is 0 Å². The minimum Gasteiger partial charge on any atom is -0.240 e. The maximum atomic E-state index is 12.2. The summed E-state index contributed by atoms with van der Waals surface area (Å²) in [5, 5.41) is 0. The van der Waals surface area contributed by atoms with Crippen LogP contribution in [-0.4, -0.2) is 27.4 Å². The number of hydrogen-bond donors (Lipinski definition) is 1. The van der Waals surface area contributed by atoms with E-state index in [1.54, 1.807) is 0 Å². The van der Waals surface area contributed by atoms with Crippen molar-refractivity contribution in [3.05, 3.63) is 0 Å². The predicted octanol–water partition coefficient (Wildman–Crippen LogP) is 2.73. The molecule has 1 saturated heterocycles. The summed E-state index contributed by atoms with van der Waals surface area (Å²) in [7, 11) is -2.49. The molecule has 0 aromatic rings. The molecule has 0 amide bonds. The molecule has 1 N–H and O–H groups in total. The summed E-state index contributed by atoms with van der Waals surface area (Å²) < 4.78 is 22.1. The van der Waals surface area contributed by atoms with Gasteiger partial charge in [-0.3, -0.25) is 0 Å². The number of piperidine rings is 1. The molecule has 4 heteroatoms. The zero-order valence-corrected chi connectivity index (χ0v) is 11.0. The molecular weight excluding hydrogens is 208 g/mol. The number of nitrogens with zero attached hydrogens (tertiary/aromatic N) is 1. The van der Waals surface area contributed by atoms with Crippen molar-refractivity contribution in [2.45, 2.75) is 40.0 Å². The normalized spacial score (nSPS) is 25.1. The fourth-order valence-corrected chi connectivity index (χ4v) is 3.97. The Labute approximate surface area is 94.3 Å². The summed E-state index contributed by atoms with van der Waals surface area (Å²) in [5.74, 6) is 1.42. The van der Waals surface area contributed by atoms with Gasteiger partial charge in [-0.2, -0.15) is 0 Å². The molecular formula is C11H24N2OS. The van der Waals surface area contributed by atoms with Crippen molar-refractivity contribution in [1.29, 1.82) is 4.78 Å². The van der Waals surface area contributed by atoms with Gasteiger partial charge in [-0.1, -0.05) is 27.2 Å². The summed E-state index contributed by atoms with van der Waals surface area (Å²) in [4.78, 5) is 0. The van der Waals surface area contributed by atoms with E-state index in [-0.39, 0.29) is 0 Å². The third-order valence-electron chi connectivity index (χ3n) is 3.36. The average molecular weight is 232 g/mol. The van der Waals surface area contributed by atoms with E-state index in [1.165, 1.54) is 6.42 Å². The Kier molecular flexibility index (Phi) is 4.59. The molecule has 1 aliphatic heterocycles. The van der Waals surface area contributed by atoms with E-state index in [4.69, 9.17) is 4.78 Å². The van der Waals surface area contributed by atoms with Crippen LogP contribution in [0.1, 0.15) is 40.0 Å². The van der Waals surface area contributed by atoms with E-state index >= 15 is 0 Å². The van der Waals surface area contributed by atoms with Gasteiger partial charge in [0.1, 0.15) is 9.92 Å². The van der Waals surface area contributed by atoms with Gasteiger partial charge in [0.25, 0.3) is 0 Å². The molecule has 0 bridgehead atoms. The largest absolute Gasteiger partial charge is 0.240 e. The summed E-state index contributed by atoms with van der Waals surface area (Å²) in [6.45, 7) is 8.08. The zero-order chi connectivity index (χ0) is 11.5. The van der Waals surface area contributed by atoms with Gasteiger partial charge in [-0.05, 0) is 24.7 Å². The fraction of sp³-hybridized carbons (Fsp3) is 1.00. The Balaban J connectivity index is 2.57. The van der Waals surface area contributed by atoms with E-state index < -0.39 is 9.92 Å². The molecule has 3 nitrogen and oxygen atoms in total. The van der Waals surface area contributed by atoms with Gasteiger partial charge in [0, 0.05) is 18.8 Å². The molecule has 1 fully saturated rings. The van der Waals surface area contributed by atoms with Gasteiger partial charge in [0.05, 0.1) is 0 Å². The van der Waals surface area contributed by atoms with Crippen LogP contribution in [-0.2, 0) is 9.92 Å². The van der Waals surface area contributed by atoms with Crippen LogP contribution in [0.3, 0.4) is 0 Å². The second-order valence-corrected chi connectivity index (χ2v) is 7.15. The number of nitrogens with one attached hydrogen (secondary N) is 1. The molecule has 90 valence electrons. The van der Waals surface area contributed by atoms with Crippen LogP contribution < -0.4 is 0 Å². The summed E-state index contributed by atoms with van der Waals surface area (Å²) in [5.41, 5.74) is 0. The van der Waals surface area contributed by atoms with Crippen molar-refractivity contribution in [1.82, 2.24) is 4.31 Å². The van der Waals surface area contributed by atoms with Crippen LogP contribution in [0.4, 0.5) is 0 Å². The monoisotopic (exact) mass is 232 g/mol. The van der Waals surface area contributed by atoms with Gasteiger partial charge in [0.15, 0.2) is 0 Å². The summed E-state index contributed by atoms with van der Waals surface area (Å²) >= 11 is 0. The Morgan fingerprint density at radius 3 is 2.20 bits per heavy atom. The molecule has 0 aliphatic carbocycles. The molecule has 0 aromatic heterocycles. The number of hydrogen-bond acceptors (Lipinski definition) is 2. The van der Waals surface area contributed by atoms with Gasteiger partial charge in [0.2, 0.25) is 0 Å². The minimum atomic E-state index is -2.49. The van der Waals surface area contributed by atoms with E-state index in [1.807, 2.05) is 4.31 Å². The second kappa shape index (κ2) is 5.30. The third kappa shape index (κ3) is 3.76. The fourth-order valence-electron chi connectivity index (χ4n) is 1.81. The molecule has 1 rings (SSSR count). The SMILES string of the molecule is CC(C)C(C)CS(=N)(=O)N1CCCCC1. The molecule has 0 saturated carbocycles. The van der Waals surface area contributed by atoms with E-state index in [9.17, 15) is 4.21 Å². The van der Waals surface area contributed by atoms with Crippen molar-refractivity contribution in [3.8, 4) is 0 Å². The van der Waals surface area contributed by atoms with Gasteiger partial charge in [-0.25, -0.2) is 13.3 Å². The quantitative estimate of drug-likeness (QED) is 0.796. The molecule has 0 aromatic carbocycles. The van der Waals surface area contributed by atoms with E-state index in [2.05, 4.69) is 20.8 Å². The molecule has 1 heterocycles. The van der Waals surface area contributed by atoms with Crippen molar-refractivity contribution >= 4 is 9.92 Å². The summed E-state index contributed by atoms with van der Waals surface area (Å²) in [6.07, 6.45) is 3.43. The topological polar surface area (TPSA) is 44.2 Å². The van der Waals surface area contributed by atoms with Crippen LogP contribution in [0, 0.1) is 16.6 Å². The number of rotatable bonds is 4. The first kappa shape index (κ1) is 13.0. The Hall–Kier alpha value is -0.0900. The first-order chi connectivity index (χ1) is 6.93. The highest BCUT2D eigenvalue weighted by molar-refractivity contribution is 7.90. The lowest BCUT2D eigenvalue weighted by Gasteiger charge is -2.30. The van der Waals surface area contributed by atoms with Crippen molar-refractivity contribution in [2.75, 3.05) is 18.8 Å². The van der Waals surface area contributed by atoms with Crippen molar-refractivity contribution in [2.24, 2.45) is 11.8 Å². The Morgan fingerprint density at radius 2 is 1.73 bits per heavy atom. The lowest BCUT2D eigenvalue weighted by Crippen LogP contribution is -2.38. The van der Waals surface area contributed by atoms with Crippen LogP contribution in [0.2, 0.25) is 0 Å². The van der Waals surface area contributed by atoms with Gasteiger partial charge >= 0.3 is 0 Å². The standard InChI is InChI=1S/C11H24N2OS/c1-10(2)11(3)9-15(12,14)13-7-5-4-6-8-13/h10-12H,4-9H2,1-3H3. The highest BCUT2D eigenvalue weighted by Crippen LogP contribution is 2.19. The molecule has 1 aliphatic rings. The van der Waals surface area contributed by atoms with Crippen molar-refractivity contribution < 1.29 is 4.21 Å². The second-order valence-electron chi connectivity index (χ2n) is 5.02. The van der Waals surface area contributed by atoms with Crippen molar-refractivity contribution in [3.63, 3.8) is 0 Å². The highest BCUT2D eigenvalue weighted by Gasteiger charge is 2.23. The third-order valence-corrected chi connectivity index (χ3v) is 5.54. The molecule has 0 spiro atoms. The first-order valence-electron chi connectivity index (χ1n) is 5.95. The molecule has 2 atom stereocenters. The summed E-state index contributed by atoms with van der Waals surface area (Å²) in [6, 6.07) is 0. The van der Waals surface area contributed by atoms with Gasteiger partial charge < -0.3 is 0 Å². The first-order valence-corrected chi connectivity index (χ1v) is 7.63. The maximum absolute atomic E-state index is 12.2. The average Bonchev–Trinajstić information content (AvgIpc) is 2.18. The smallest absolute Gasteiger partial charge is 0.108 e. The van der Waals surface area contributed by atoms with Crippen LogP contribution >= 0.6 is 0 Å². The molecule has 2 unspecified atom stereocenters. The minimum absolute atomic E-state index is 0.372. The van der Waals surface area contributed by atoms with Crippen LogP contribution in [0.5, 0.6) is 0 Å². The predicted molar refractivity (Wildman–Crippen MR) is 65.2 cm³/mol. The van der Waals surface area contributed by atoms with Gasteiger partial charge in [-0.15, -0.1) is 0 Å². The lowest BCUT2D eigenvalue weighted by molar-refractivity contribution is 0.354. The Bertz CT molecular complexity index is 279. The Morgan fingerprint density at radius 1 is 1.20 bits per heavy atom. The maximum Gasteiger partial charge on any atom is 0.108 e. The van der Waals surface area contributed by atoms with E-state index in [0.717, 1.165) is 25.9 Å². The molecule has 0 radical (unpaired) electrons. The van der Waals surface area contributed by atoms with Crippen LogP contribution in [0.25, 0.3) is 0 Å². The van der Waals surface area contributed by atoms with E-state index in [0.29, 0.717) is 17.6 Å². The zero-order valence-electron chi connectivity index (χ0n) is 10.2. The molecule has 15 heavy (non-hydrogen) atoms. The highest BCUT2D eigenvalue weighted by atomic mass is 32.2.